The van der Waals surface area contributed by atoms with Crippen molar-refractivity contribution in [2.75, 3.05) is 19.8 Å². The van der Waals surface area contributed by atoms with Crippen molar-refractivity contribution >= 4 is 5.91 Å². The molecule has 0 radical (unpaired) electrons. The third-order valence-electron chi connectivity index (χ3n) is 3.69. The van der Waals surface area contributed by atoms with Gasteiger partial charge in [-0.1, -0.05) is 29.8 Å². The van der Waals surface area contributed by atoms with Crippen LogP contribution >= 0.6 is 0 Å². The molecular formula is C15H22N2O2. The van der Waals surface area contributed by atoms with Crippen LogP contribution in [0.2, 0.25) is 0 Å². The van der Waals surface area contributed by atoms with Gasteiger partial charge in [0.25, 0.3) is 0 Å². The minimum Gasteiger partial charge on any atom is -0.381 e. The zero-order chi connectivity index (χ0) is 13.7. The second kappa shape index (κ2) is 6.17. The third-order valence-corrected chi connectivity index (χ3v) is 3.69. The van der Waals surface area contributed by atoms with Crippen molar-refractivity contribution in [2.45, 2.75) is 31.7 Å². The third kappa shape index (κ3) is 3.78. The Morgan fingerprint density at radius 3 is 2.79 bits per heavy atom. The molecule has 1 fully saturated rings. The summed E-state index contributed by atoms with van der Waals surface area (Å²) in [5.41, 5.74) is 7.76. The lowest BCUT2D eigenvalue weighted by atomic mass is 9.90. The maximum atomic E-state index is 12.1. The zero-order valence-corrected chi connectivity index (χ0v) is 11.4. The van der Waals surface area contributed by atoms with E-state index in [1.54, 1.807) is 0 Å². The molecule has 0 aromatic heterocycles. The quantitative estimate of drug-likeness (QED) is 0.856. The minimum absolute atomic E-state index is 0.0398. The molecule has 0 saturated carbocycles. The van der Waals surface area contributed by atoms with Gasteiger partial charge in [0.1, 0.15) is 0 Å². The van der Waals surface area contributed by atoms with Crippen LogP contribution in [0.1, 0.15) is 24.0 Å². The van der Waals surface area contributed by atoms with Crippen molar-refractivity contribution in [2.24, 2.45) is 5.73 Å². The van der Waals surface area contributed by atoms with Crippen LogP contribution in [0.25, 0.3) is 0 Å². The second-order valence-electron chi connectivity index (χ2n) is 5.31. The number of aryl methyl sites for hydroxylation is 1. The van der Waals surface area contributed by atoms with Crippen molar-refractivity contribution in [1.82, 2.24) is 5.32 Å². The Morgan fingerprint density at radius 1 is 1.42 bits per heavy atom. The van der Waals surface area contributed by atoms with Crippen LogP contribution in [-0.2, 0) is 16.0 Å². The van der Waals surface area contributed by atoms with Gasteiger partial charge in [-0.2, -0.15) is 0 Å². The van der Waals surface area contributed by atoms with Crippen LogP contribution in [0, 0.1) is 6.92 Å². The molecule has 104 valence electrons. The maximum absolute atomic E-state index is 12.1. The highest BCUT2D eigenvalue weighted by molar-refractivity contribution is 5.79. The molecule has 1 saturated heterocycles. The lowest BCUT2D eigenvalue weighted by Gasteiger charge is -2.37. The predicted molar refractivity (Wildman–Crippen MR) is 74.9 cm³/mol. The number of hydrogen-bond acceptors (Lipinski definition) is 3. The van der Waals surface area contributed by atoms with E-state index in [1.807, 2.05) is 31.2 Å². The number of ether oxygens (including phenoxy) is 1. The summed E-state index contributed by atoms with van der Waals surface area (Å²) in [4.78, 5) is 12.1. The predicted octanol–water partition coefficient (Wildman–Crippen LogP) is 1.16. The van der Waals surface area contributed by atoms with Gasteiger partial charge in [-0.15, -0.1) is 0 Å². The van der Waals surface area contributed by atoms with Gasteiger partial charge in [-0.05, 0) is 25.3 Å². The van der Waals surface area contributed by atoms with Crippen LogP contribution in [0.4, 0.5) is 0 Å². The highest BCUT2D eigenvalue weighted by Gasteiger charge is 2.32. The fraction of sp³-hybridized carbons (Fsp3) is 0.533. The van der Waals surface area contributed by atoms with E-state index in [0.29, 0.717) is 26.2 Å². The van der Waals surface area contributed by atoms with Gasteiger partial charge in [0.15, 0.2) is 0 Å². The number of hydrogen-bond donors (Lipinski definition) is 2. The molecular weight excluding hydrogens is 240 g/mol. The molecule has 2 rings (SSSR count). The van der Waals surface area contributed by atoms with Gasteiger partial charge in [0.05, 0.1) is 12.0 Å². The molecule has 0 spiro atoms. The molecule has 1 aromatic carbocycles. The highest BCUT2D eigenvalue weighted by atomic mass is 16.5. The second-order valence-corrected chi connectivity index (χ2v) is 5.31. The van der Waals surface area contributed by atoms with E-state index in [2.05, 4.69) is 5.32 Å². The smallest absolute Gasteiger partial charge is 0.224 e. The molecule has 1 aliphatic rings. The summed E-state index contributed by atoms with van der Waals surface area (Å²) < 4.78 is 5.34. The van der Waals surface area contributed by atoms with Gasteiger partial charge in [-0.3, -0.25) is 4.79 Å². The lowest BCUT2D eigenvalue weighted by molar-refractivity contribution is -0.123. The average molecular weight is 262 g/mol. The first-order chi connectivity index (χ1) is 9.13. The van der Waals surface area contributed by atoms with Gasteiger partial charge in [-0.25, -0.2) is 0 Å². The van der Waals surface area contributed by atoms with E-state index in [9.17, 15) is 4.79 Å². The number of amides is 1. The van der Waals surface area contributed by atoms with Crippen molar-refractivity contribution in [3.05, 3.63) is 35.4 Å². The van der Waals surface area contributed by atoms with E-state index < -0.39 is 0 Å². The van der Waals surface area contributed by atoms with Gasteiger partial charge in [0, 0.05) is 19.8 Å². The van der Waals surface area contributed by atoms with Crippen LogP contribution in [0.3, 0.4) is 0 Å². The Morgan fingerprint density at radius 2 is 2.16 bits per heavy atom. The number of carbonyl (C=O) groups is 1. The molecule has 0 aliphatic carbocycles. The summed E-state index contributed by atoms with van der Waals surface area (Å²) in [5.74, 6) is 0.0398. The molecule has 1 aromatic rings. The Kier molecular flexibility index (Phi) is 4.56. The summed E-state index contributed by atoms with van der Waals surface area (Å²) in [6.07, 6.45) is 2.00. The highest BCUT2D eigenvalue weighted by Crippen LogP contribution is 2.19. The van der Waals surface area contributed by atoms with E-state index in [1.165, 1.54) is 5.56 Å². The molecule has 4 heteroatoms. The van der Waals surface area contributed by atoms with E-state index in [-0.39, 0.29) is 11.4 Å². The fourth-order valence-electron chi connectivity index (χ4n) is 2.49. The summed E-state index contributed by atoms with van der Waals surface area (Å²) in [7, 11) is 0. The minimum atomic E-state index is -0.279. The van der Waals surface area contributed by atoms with Crippen LogP contribution in [0.15, 0.2) is 24.3 Å². The molecule has 1 aliphatic heterocycles. The molecule has 0 atom stereocenters. The first kappa shape index (κ1) is 14.0. The van der Waals surface area contributed by atoms with Crippen LogP contribution in [0.5, 0.6) is 0 Å². The molecule has 19 heavy (non-hydrogen) atoms. The number of nitrogens with two attached hydrogens (primary N) is 1. The van der Waals surface area contributed by atoms with Crippen molar-refractivity contribution < 1.29 is 9.53 Å². The van der Waals surface area contributed by atoms with Crippen molar-refractivity contribution in [1.29, 1.82) is 0 Å². The molecule has 1 amide bonds. The first-order valence-electron chi connectivity index (χ1n) is 6.78. The number of carbonyl (C=O) groups excluding carboxylic acids is 1. The SMILES string of the molecule is Cc1cccc(CC(=O)NC2(CN)CCOCC2)c1. The van der Waals surface area contributed by atoms with E-state index in [4.69, 9.17) is 10.5 Å². The Balaban J connectivity index is 1.96. The van der Waals surface area contributed by atoms with E-state index in [0.717, 1.165) is 18.4 Å². The average Bonchev–Trinajstić information content (AvgIpc) is 2.39. The number of rotatable bonds is 4. The molecule has 1 heterocycles. The summed E-state index contributed by atoms with van der Waals surface area (Å²) >= 11 is 0. The van der Waals surface area contributed by atoms with Crippen molar-refractivity contribution in [3.8, 4) is 0 Å². The van der Waals surface area contributed by atoms with Gasteiger partial charge in [0.2, 0.25) is 5.91 Å². The Hall–Kier alpha value is -1.39. The largest absolute Gasteiger partial charge is 0.381 e. The summed E-state index contributed by atoms with van der Waals surface area (Å²) in [6.45, 7) is 3.83. The lowest BCUT2D eigenvalue weighted by Crippen LogP contribution is -2.57. The normalized spacial score (nSPS) is 18.0. The zero-order valence-electron chi connectivity index (χ0n) is 11.4. The number of nitrogens with one attached hydrogen (secondary N) is 1. The van der Waals surface area contributed by atoms with Crippen LogP contribution < -0.4 is 11.1 Å². The van der Waals surface area contributed by atoms with Gasteiger partial charge < -0.3 is 15.8 Å². The topological polar surface area (TPSA) is 64.4 Å². The summed E-state index contributed by atoms with van der Waals surface area (Å²) in [5, 5.41) is 3.11. The van der Waals surface area contributed by atoms with Gasteiger partial charge >= 0.3 is 0 Å². The Labute approximate surface area is 114 Å². The molecule has 4 nitrogen and oxygen atoms in total. The number of benzene rings is 1. The first-order valence-corrected chi connectivity index (χ1v) is 6.78. The Bertz CT molecular complexity index is 440. The standard InChI is InChI=1S/C15H22N2O2/c1-12-3-2-4-13(9-12)10-14(18)17-15(11-16)5-7-19-8-6-15/h2-4,9H,5-8,10-11,16H2,1H3,(H,17,18). The monoisotopic (exact) mass is 262 g/mol. The summed E-state index contributed by atoms with van der Waals surface area (Å²) in [6, 6.07) is 8.02. The van der Waals surface area contributed by atoms with E-state index >= 15 is 0 Å². The van der Waals surface area contributed by atoms with Crippen molar-refractivity contribution in [3.63, 3.8) is 0 Å². The maximum Gasteiger partial charge on any atom is 0.224 e. The molecule has 0 unspecified atom stereocenters. The molecule has 0 bridgehead atoms. The molecule has 3 N–H and O–H groups in total. The van der Waals surface area contributed by atoms with Crippen LogP contribution in [-0.4, -0.2) is 31.2 Å². The fourth-order valence-corrected chi connectivity index (χ4v) is 2.49.